The molecular formula is C12H15BrN4. The Hall–Kier alpha value is -1.36. The SMILES string of the molecule is CC(C)N(Cc1cnc[nH]1)c1cccc(Br)n1. The molecule has 0 atom stereocenters. The molecule has 0 radical (unpaired) electrons. The number of H-pyrrole nitrogens is 1. The molecule has 0 saturated carbocycles. The number of aromatic amines is 1. The lowest BCUT2D eigenvalue weighted by molar-refractivity contribution is 0.665. The Morgan fingerprint density at radius 2 is 2.24 bits per heavy atom. The van der Waals surface area contributed by atoms with Crippen LogP contribution < -0.4 is 4.90 Å². The zero-order chi connectivity index (χ0) is 12.3. The molecule has 0 fully saturated rings. The highest BCUT2D eigenvalue weighted by molar-refractivity contribution is 9.10. The summed E-state index contributed by atoms with van der Waals surface area (Å²) in [5.74, 6) is 0.962. The Kier molecular flexibility index (Phi) is 3.78. The van der Waals surface area contributed by atoms with Crippen LogP contribution in [0.3, 0.4) is 0 Å². The summed E-state index contributed by atoms with van der Waals surface area (Å²) >= 11 is 3.40. The number of halogens is 1. The number of anilines is 1. The first-order chi connectivity index (χ1) is 8.16. The van der Waals surface area contributed by atoms with Gasteiger partial charge in [-0.25, -0.2) is 9.97 Å². The van der Waals surface area contributed by atoms with E-state index in [0.29, 0.717) is 6.04 Å². The minimum atomic E-state index is 0.375. The van der Waals surface area contributed by atoms with Crippen molar-refractivity contribution in [3.8, 4) is 0 Å². The van der Waals surface area contributed by atoms with Gasteiger partial charge in [0.1, 0.15) is 10.4 Å². The predicted octanol–water partition coefficient (Wildman–Crippen LogP) is 2.98. The highest BCUT2D eigenvalue weighted by Gasteiger charge is 2.13. The fraction of sp³-hybridized carbons (Fsp3) is 0.333. The molecule has 5 heteroatoms. The molecule has 1 N–H and O–H groups in total. The largest absolute Gasteiger partial charge is 0.348 e. The molecule has 2 heterocycles. The molecule has 0 unspecified atom stereocenters. The van der Waals surface area contributed by atoms with E-state index in [-0.39, 0.29) is 0 Å². The lowest BCUT2D eigenvalue weighted by atomic mass is 10.3. The van der Waals surface area contributed by atoms with Crippen molar-refractivity contribution < 1.29 is 0 Å². The molecule has 0 amide bonds. The van der Waals surface area contributed by atoms with Gasteiger partial charge in [-0.05, 0) is 41.9 Å². The van der Waals surface area contributed by atoms with Crippen molar-refractivity contribution in [2.45, 2.75) is 26.4 Å². The normalized spacial score (nSPS) is 10.8. The first-order valence-electron chi connectivity index (χ1n) is 5.53. The lowest BCUT2D eigenvalue weighted by Crippen LogP contribution is -2.31. The van der Waals surface area contributed by atoms with E-state index in [0.717, 1.165) is 22.7 Å². The van der Waals surface area contributed by atoms with Crippen molar-refractivity contribution in [2.24, 2.45) is 0 Å². The Bertz CT molecular complexity index is 467. The summed E-state index contributed by atoms with van der Waals surface area (Å²) in [6.07, 6.45) is 3.54. The van der Waals surface area contributed by atoms with Crippen LogP contribution in [0, 0.1) is 0 Å². The molecule has 0 aromatic carbocycles. The Morgan fingerprint density at radius 1 is 1.41 bits per heavy atom. The van der Waals surface area contributed by atoms with Crippen molar-refractivity contribution in [3.63, 3.8) is 0 Å². The van der Waals surface area contributed by atoms with Crippen molar-refractivity contribution in [1.82, 2.24) is 15.0 Å². The maximum Gasteiger partial charge on any atom is 0.130 e. The highest BCUT2D eigenvalue weighted by Crippen LogP contribution is 2.19. The van der Waals surface area contributed by atoms with Crippen LogP contribution in [0.25, 0.3) is 0 Å². The third kappa shape index (κ3) is 3.06. The van der Waals surface area contributed by atoms with Crippen LogP contribution in [0.15, 0.2) is 35.3 Å². The van der Waals surface area contributed by atoms with Gasteiger partial charge in [-0.3, -0.25) is 0 Å². The number of nitrogens with zero attached hydrogens (tertiary/aromatic N) is 3. The number of imidazole rings is 1. The summed E-state index contributed by atoms with van der Waals surface area (Å²) in [6.45, 7) is 5.08. The summed E-state index contributed by atoms with van der Waals surface area (Å²) in [5.41, 5.74) is 1.08. The number of rotatable bonds is 4. The molecule has 90 valence electrons. The van der Waals surface area contributed by atoms with E-state index in [2.05, 4.69) is 49.6 Å². The average molecular weight is 295 g/mol. The van der Waals surface area contributed by atoms with Crippen LogP contribution in [0.4, 0.5) is 5.82 Å². The molecule has 2 aromatic heterocycles. The van der Waals surface area contributed by atoms with E-state index in [1.807, 2.05) is 24.4 Å². The van der Waals surface area contributed by atoms with E-state index in [4.69, 9.17) is 0 Å². The lowest BCUT2D eigenvalue weighted by Gasteiger charge is -2.27. The molecule has 0 aliphatic carbocycles. The van der Waals surface area contributed by atoms with Crippen molar-refractivity contribution >= 4 is 21.7 Å². The van der Waals surface area contributed by atoms with Gasteiger partial charge >= 0.3 is 0 Å². The van der Waals surface area contributed by atoms with Gasteiger partial charge in [0, 0.05) is 12.2 Å². The van der Waals surface area contributed by atoms with Crippen molar-refractivity contribution in [2.75, 3.05) is 4.90 Å². The minimum Gasteiger partial charge on any atom is -0.348 e. The van der Waals surface area contributed by atoms with E-state index in [9.17, 15) is 0 Å². The number of hydrogen-bond acceptors (Lipinski definition) is 3. The molecule has 4 nitrogen and oxygen atoms in total. The van der Waals surface area contributed by atoms with Crippen LogP contribution >= 0.6 is 15.9 Å². The van der Waals surface area contributed by atoms with Crippen LogP contribution in [0.1, 0.15) is 19.5 Å². The monoisotopic (exact) mass is 294 g/mol. The summed E-state index contributed by atoms with van der Waals surface area (Å²) < 4.78 is 0.852. The van der Waals surface area contributed by atoms with E-state index >= 15 is 0 Å². The molecular weight excluding hydrogens is 280 g/mol. The fourth-order valence-corrected chi connectivity index (χ4v) is 1.97. The summed E-state index contributed by atoms with van der Waals surface area (Å²) in [4.78, 5) is 13.9. The smallest absolute Gasteiger partial charge is 0.130 e. The van der Waals surface area contributed by atoms with Gasteiger partial charge in [-0.2, -0.15) is 0 Å². The Labute approximate surface area is 109 Å². The van der Waals surface area contributed by atoms with Gasteiger partial charge in [0.15, 0.2) is 0 Å². The van der Waals surface area contributed by atoms with Gasteiger partial charge in [0.25, 0.3) is 0 Å². The van der Waals surface area contributed by atoms with Crippen LogP contribution in [-0.4, -0.2) is 21.0 Å². The maximum atomic E-state index is 4.48. The van der Waals surface area contributed by atoms with Crippen LogP contribution in [0.2, 0.25) is 0 Å². The molecule has 0 saturated heterocycles. The predicted molar refractivity (Wildman–Crippen MR) is 71.8 cm³/mol. The van der Waals surface area contributed by atoms with Gasteiger partial charge < -0.3 is 9.88 Å². The summed E-state index contributed by atoms with van der Waals surface area (Å²) in [5, 5.41) is 0. The van der Waals surface area contributed by atoms with Crippen molar-refractivity contribution in [1.29, 1.82) is 0 Å². The second-order valence-corrected chi connectivity index (χ2v) is 4.93. The number of hydrogen-bond donors (Lipinski definition) is 1. The molecule has 0 aliphatic rings. The Morgan fingerprint density at radius 3 is 2.82 bits per heavy atom. The number of aromatic nitrogens is 3. The van der Waals surface area contributed by atoms with Gasteiger partial charge in [-0.1, -0.05) is 6.07 Å². The van der Waals surface area contributed by atoms with E-state index < -0.39 is 0 Å². The zero-order valence-corrected chi connectivity index (χ0v) is 11.5. The zero-order valence-electron chi connectivity index (χ0n) is 9.89. The third-order valence-electron chi connectivity index (χ3n) is 2.51. The standard InChI is InChI=1S/C12H15BrN4/c1-9(2)17(7-10-6-14-8-15-10)12-5-3-4-11(13)16-12/h3-6,8-9H,7H2,1-2H3,(H,14,15). The number of pyridine rings is 1. The van der Waals surface area contributed by atoms with Crippen LogP contribution in [-0.2, 0) is 6.54 Å². The number of nitrogens with one attached hydrogen (secondary N) is 1. The molecule has 0 spiro atoms. The van der Waals surface area contributed by atoms with Gasteiger partial charge in [0.05, 0.1) is 18.6 Å². The molecule has 2 aromatic rings. The molecule has 2 rings (SSSR count). The second kappa shape index (κ2) is 5.31. The first-order valence-corrected chi connectivity index (χ1v) is 6.32. The maximum absolute atomic E-state index is 4.48. The Balaban J connectivity index is 2.23. The van der Waals surface area contributed by atoms with Gasteiger partial charge in [-0.15, -0.1) is 0 Å². The molecule has 17 heavy (non-hydrogen) atoms. The topological polar surface area (TPSA) is 44.8 Å². The van der Waals surface area contributed by atoms with E-state index in [1.165, 1.54) is 0 Å². The summed E-state index contributed by atoms with van der Waals surface area (Å²) in [7, 11) is 0. The quantitative estimate of drug-likeness (QED) is 0.882. The minimum absolute atomic E-state index is 0.375. The van der Waals surface area contributed by atoms with Crippen molar-refractivity contribution in [3.05, 3.63) is 41.0 Å². The van der Waals surface area contributed by atoms with E-state index in [1.54, 1.807) is 6.33 Å². The molecule has 0 aliphatic heterocycles. The highest BCUT2D eigenvalue weighted by atomic mass is 79.9. The second-order valence-electron chi connectivity index (χ2n) is 4.12. The van der Waals surface area contributed by atoms with Crippen LogP contribution in [0.5, 0.6) is 0 Å². The molecule has 0 bridgehead atoms. The average Bonchev–Trinajstić information content (AvgIpc) is 2.78. The first kappa shape index (κ1) is 12.1. The van der Waals surface area contributed by atoms with Gasteiger partial charge in [0.2, 0.25) is 0 Å². The fourth-order valence-electron chi connectivity index (χ4n) is 1.64. The summed E-state index contributed by atoms with van der Waals surface area (Å²) in [6, 6.07) is 6.31. The third-order valence-corrected chi connectivity index (χ3v) is 2.96.